The van der Waals surface area contributed by atoms with Gasteiger partial charge in [-0.3, -0.25) is 4.68 Å². The van der Waals surface area contributed by atoms with Crippen molar-refractivity contribution in [1.29, 1.82) is 0 Å². The molecule has 0 saturated carbocycles. The average Bonchev–Trinajstić information content (AvgIpc) is 2.43. The molecule has 0 aliphatic carbocycles. The third-order valence-corrected chi connectivity index (χ3v) is 2.89. The summed E-state index contributed by atoms with van der Waals surface area (Å²) in [7, 11) is 0. The molecular weight excluding hydrogens is 263 g/mol. The number of alkyl halides is 1. The topological polar surface area (TPSA) is 17.8 Å². The van der Waals surface area contributed by atoms with Gasteiger partial charge in [-0.1, -0.05) is 34.5 Å². The Morgan fingerprint density at radius 1 is 1.50 bits per heavy atom. The van der Waals surface area contributed by atoms with Crippen LogP contribution in [-0.2, 0) is 6.42 Å². The minimum atomic E-state index is 0.378. The van der Waals surface area contributed by atoms with Gasteiger partial charge in [0, 0.05) is 10.9 Å². The van der Waals surface area contributed by atoms with Crippen LogP contribution >= 0.6 is 27.5 Å². The van der Waals surface area contributed by atoms with Gasteiger partial charge >= 0.3 is 0 Å². The van der Waals surface area contributed by atoms with Crippen LogP contribution in [0.2, 0.25) is 5.02 Å². The maximum atomic E-state index is 6.07. The van der Waals surface area contributed by atoms with Gasteiger partial charge < -0.3 is 0 Å². The molecule has 14 heavy (non-hydrogen) atoms. The lowest BCUT2D eigenvalue weighted by molar-refractivity contribution is 0.505. The Morgan fingerprint density at radius 2 is 2.14 bits per heavy atom. The quantitative estimate of drug-likeness (QED) is 0.766. The van der Waals surface area contributed by atoms with E-state index in [9.17, 15) is 0 Å². The van der Waals surface area contributed by atoms with Gasteiger partial charge in [-0.15, -0.1) is 0 Å². The number of halogens is 2. The molecule has 0 saturated heterocycles. The molecule has 0 bridgehead atoms. The molecule has 1 heterocycles. The van der Waals surface area contributed by atoms with Crippen LogP contribution in [0.3, 0.4) is 0 Å². The van der Waals surface area contributed by atoms with E-state index in [2.05, 4.69) is 41.8 Å². The smallest absolute Gasteiger partial charge is 0.0817 e. The number of hydrogen-bond acceptors (Lipinski definition) is 1. The second-order valence-corrected chi connectivity index (χ2v) is 5.77. The Balaban J connectivity index is 2.77. The first-order valence-corrected chi connectivity index (χ1v) is 6.17. The molecule has 0 fully saturated rings. The molecular formula is C10H16BrClN2. The number of hydrogen-bond donors (Lipinski definition) is 0. The first kappa shape index (κ1) is 12.1. The Labute approximate surface area is 98.8 Å². The Morgan fingerprint density at radius 3 is 2.64 bits per heavy atom. The van der Waals surface area contributed by atoms with Gasteiger partial charge in [-0.25, -0.2) is 0 Å². The van der Waals surface area contributed by atoms with Crippen molar-refractivity contribution in [3.8, 4) is 0 Å². The van der Waals surface area contributed by atoms with Crippen molar-refractivity contribution < 1.29 is 0 Å². The molecule has 0 N–H and O–H groups in total. The molecule has 1 atom stereocenters. The fraction of sp³-hybridized carbons (Fsp3) is 0.700. The summed E-state index contributed by atoms with van der Waals surface area (Å²) in [5, 5.41) is 5.05. The van der Waals surface area contributed by atoms with Crippen molar-refractivity contribution in [2.24, 2.45) is 0 Å². The zero-order valence-corrected chi connectivity index (χ0v) is 11.1. The molecule has 2 nitrogen and oxygen atoms in total. The van der Waals surface area contributed by atoms with Crippen LogP contribution in [0.5, 0.6) is 0 Å². The summed E-state index contributed by atoms with van der Waals surface area (Å²) in [5.41, 5.74) is 1.15. The molecule has 0 radical (unpaired) electrons. The molecule has 0 spiro atoms. The molecule has 1 rings (SSSR count). The van der Waals surface area contributed by atoms with Crippen molar-refractivity contribution in [2.75, 3.05) is 0 Å². The van der Waals surface area contributed by atoms with Crippen LogP contribution in [0, 0.1) is 0 Å². The zero-order chi connectivity index (χ0) is 10.7. The summed E-state index contributed by atoms with van der Waals surface area (Å²) in [6.45, 7) is 6.37. The summed E-state index contributed by atoms with van der Waals surface area (Å²) in [6.07, 6.45) is 3.79. The third-order valence-electron chi connectivity index (χ3n) is 2.12. The van der Waals surface area contributed by atoms with Crippen molar-refractivity contribution >= 4 is 27.5 Å². The molecule has 1 unspecified atom stereocenters. The predicted molar refractivity (Wildman–Crippen MR) is 64.3 cm³/mol. The molecule has 4 heteroatoms. The maximum absolute atomic E-state index is 6.07. The lowest BCUT2D eigenvalue weighted by atomic mass is 10.2. The Kier molecular flexibility index (Phi) is 4.45. The molecule has 0 amide bonds. The fourth-order valence-corrected chi connectivity index (χ4v) is 1.83. The highest BCUT2D eigenvalue weighted by Crippen LogP contribution is 2.21. The van der Waals surface area contributed by atoms with Crippen molar-refractivity contribution in [2.45, 2.75) is 44.5 Å². The van der Waals surface area contributed by atoms with Crippen LogP contribution in [0.25, 0.3) is 0 Å². The normalized spacial score (nSPS) is 13.6. The highest BCUT2D eigenvalue weighted by Gasteiger charge is 2.11. The van der Waals surface area contributed by atoms with Gasteiger partial charge in [-0.05, 0) is 26.7 Å². The molecule has 0 aliphatic heterocycles. The number of rotatable bonds is 4. The van der Waals surface area contributed by atoms with Crippen molar-refractivity contribution in [3.05, 3.63) is 16.9 Å². The van der Waals surface area contributed by atoms with Crippen LogP contribution in [0.4, 0.5) is 0 Å². The van der Waals surface area contributed by atoms with E-state index in [4.69, 9.17) is 11.6 Å². The summed E-state index contributed by atoms with van der Waals surface area (Å²) in [4.78, 5) is 0.522. The molecule has 1 aromatic rings. The van der Waals surface area contributed by atoms with Gasteiger partial charge in [0.15, 0.2) is 0 Å². The van der Waals surface area contributed by atoms with Gasteiger partial charge in [0.1, 0.15) is 0 Å². The second kappa shape index (κ2) is 5.17. The zero-order valence-electron chi connectivity index (χ0n) is 8.80. The molecule has 80 valence electrons. The highest BCUT2D eigenvalue weighted by atomic mass is 79.9. The summed E-state index contributed by atoms with van der Waals surface area (Å²) >= 11 is 9.61. The molecule has 0 aromatic carbocycles. The average molecular weight is 280 g/mol. The predicted octanol–water partition coefficient (Wildman–Crippen LogP) is 3.83. The Hall–Kier alpha value is -0.0200. The summed E-state index contributed by atoms with van der Waals surface area (Å²) in [5.74, 6) is 0. The first-order chi connectivity index (χ1) is 6.52. The van der Waals surface area contributed by atoms with Crippen molar-refractivity contribution in [1.82, 2.24) is 9.78 Å². The van der Waals surface area contributed by atoms with E-state index in [-0.39, 0.29) is 0 Å². The van der Waals surface area contributed by atoms with E-state index < -0.39 is 0 Å². The second-order valence-electron chi connectivity index (χ2n) is 3.80. The summed E-state index contributed by atoms with van der Waals surface area (Å²) < 4.78 is 2.00. The highest BCUT2D eigenvalue weighted by molar-refractivity contribution is 9.09. The molecule has 1 aromatic heterocycles. The van der Waals surface area contributed by atoms with Crippen LogP contribution in [0.1, 0.15) is 38.9 Å². The van der Waals surface area contributed by atoms with Gasteiger partial charge in [0.25, 0.3) is 0 Å². The van der Waals surface area contributed by atoms with E-state index in [0.29, 0.717) is 10.9 Å². The monoisotopic (exact) mass is 278 g/mol. The fourth-order valence-electron chi connectivity index (χ4n) is 1.38. The van der Waals surface area contributed by atoms with Crippen LogP contribution in [0.15, 0.2) is 6.20 Å². The van der Waals surface area contributed by atoms with Gasteiger partial charge in [0.2, 0.25) is 0 Å². The lowest BCUT2D eigenvalue weighted by Gasteiger charge is -2.11. The largest absolute Gasteiger partial charge is 0.266 e. The number of nitrogens with zero attached hydrogens (tertiary/aromatic N) is 2. The van der Waals surface area contributed by atoms with Gasteiger partial charge in [-0.2, -0.15) is 5.10 Å². The number of aromatic nitrogens is 2. The van der Waals surface area contributed by atoms with E-state index >= 15 is 0 Å². The SMILES string of the molecule is CC(Br)CCc1c(Cl)cnn1C(C)C. The van der Waals surface area contributed by atoms with E-state index in [0.717, 1.165) is 23.6 Å². The van der Waals surface area contributed by atoms with Crippen LogP contribution < -0.4 is 0 Å². The Bertz CT molecular complexity index is 294. The van der Waals surface area contributed by atoms with Crippen molar-refractivity contribution in [3.63, 3.8) is 0 Å². The standard InChI is InChI=1S/C10H16BrClN2/c1-7(2)14-10(5-4-8(3)11)9(12)6-13-14/h6-8H,4-5H2,1-3H3. The van der Waals surface area contributed by atoms with Crippen LogP contribution in [-0.4, -0.2) is 14.6 Å². The molecule has 0 aliphatic rings. The lowest BCUT2D eigenvalue weighted by Crippen LogP contribution is -2.08. The summed E-state index contributed by atoms with van der Waals surface area (Å²) in [6, 6.07) is 0.378. The third kappa shape index (κ3) is 2.99. The van der Waals surface area contributed by atoms with E-state index in [1.165, 1.54) is 0 Å². The minimum absolute atomic E-state index is 0.378. The van der Waals surface area contributed by atoms with E-state index in [1.807, 2.05) is 4.68 Å². The maximum Gasteiger partial charge on any atom is 0.0817 e. The van der Waals surface area contributed by atoms with E-state index in [1.54, 1.807) is 6.20 Å². The van der Waals surface area contributed by atoms with Gasteiger partial charge in [0.05, 0.1) is 16.9 Å². The first-order valence-electron chi connectivity index (χ1n) is 4.88. The minimum Gasteiger partial charge on any atom is -0.266 e.